The fourth-order valence-electron chi connectivity index (χ4n) is 8.04. The summed E-state index contributed by atoms with van der Waals surface area (Å²) in [6, 6.07) is 18.6. The second-order valence-electron chi connectivity index (χ2n) is 12.5. The minimum atomic E-state index is -1.98. The summed E-state index contributed by atoms with van der Waals surface area (Å²) in [7, 11) is 1.41. The van der Waals surface area contributed by atoms with Gasteiger partial charge in [-0.05, 0) is 61.2 Å². The Morgan fingerprint density at radius 1 is 1.00 bits per heavy atom. The number of halogens is 3. The average molecular weight is 751 g/mol. The summed E-state index contributed by atoms with van der Waals surface area (Å²) in [4.78, 5) is 59.0. The lowest BCUT2D eigenvalue weighted by Gasteiger charge is -2.50. The molecular formula is C35H26BrCl2N3O7. The SMILES string of the molecule is COc1cc(O)ccc1C1C2=CCC3C(=O)N(c4ccc(-c5nc6ccccc6o5)cc4)C(=O)C3C2CC2(Cl)C(=O)N(CBr)C(=O)C12Cl. The van der Waals surface area contributed by atoms with Crippen molar-refractivity contribution in [3.8, 4) is 23.0 Å². The van der Waals surface area contributed by atoms with Gasteiger partial charge in [-0.1, -0.05) is 45.8 Å². The lowest BCUT2D eigenvalue weighted by molar-refractivity contribution is -0.138. The van der Waals surface area contributed by atoms with Crippen molar-refractivity contribution >= 4 is 79.5 Å². The largest absolute Gasteiger partial charge is 0.508 e. The maximum absolute atomic E-state index is 14.4. The minimum Gasteiger partial charge on any atom is -0.508 e. The Kier molecular flexibility index (Phi) is 7.07. The highest BCUT2D eigenvalue weighted by Gasteiger charge is 2.76. The van der Waals surface area contributed by atoms with Crippen LogP contribution in [0.15, 0.2) is 82.8 Å². The number of likely N-dealkylation sites (tertiary alicyclic amines) is 1. The van der Waals surface area contributed by atoms with Crippen LogP contribution in [0.1, 0.15) is 24.3 Å². The van der Waals surface area contributed by atoms with Crippen LogP contribution in [0.3, 0.4) is 0 Å². The van der Waals surface area contributed by atoms with Gasteiger partial charge < -0.3 is 14.3 Å². The summed E-state index contributed by atoms with van der Waals surface area (Å²) in [5.74, 6) is -4.90. The van der Waals surface area contributed by atoms with E-state index in [1.165, 1.54) is 24.1 Å². The first kappa shape index (κ1) is 31.1. The first-order valence-corrected chi connectivity index (χ1v) is 17.1. The number of imide groups is 2. The van der Waals surface area contributed by atoms with E-state index in [9.17, 15) is 24.3 Å². The zero-order valence-electron chi connectivity index (χ0n) is 25.2. The molecule has 4 amide bonds. The van der Waals surface area contributed by atoms with E-state index in [1.807, 2.05) is 30.3 Å². The summed E-state index contributed by atoms with van der Waals surface area (Å²) < 4.78 is 11.5. The van der Waals surface area contributed by atoms with Gasteiger partial charge in [-0.15, -0.1) is 23.2 Å². The normalized spacial score (nSPS) is 29.6. The summed E-state index contributed by atoms with van der Waals surface area (Å²) in [6.07, 6.45) is 1.92. The van der Waals surface area contributed by atoms with E-state index in [-0.39, 0.29) is 35.7 Å². The van der Waals surface area contributed by atoms with Gasteiger partial charge in [0.2, 0.25) is 17.7 Å². The number of para-hydroxylation sites is 2. The Morgan fingerprint density at radius 3 is 2.46 bits per heavy atom. The Labute approximate surface area is 292 Å². The van der Waals surface area contributed by atoms with Crippen molar-refractivity contribution in [3.63, 3.8) is 0 Å². The van der Waals surface area contributed by atoms with Crippen LogP contribution in [0.4, 0.5) is 5.69 Å². The van der Waals surface area contributed by atoms with Crippen molar-refractivity contribution in [1.29, 1.82) is 0 Å². The number of aromatic nitrogens is 1. The number of anilines is 1. The van der Waals surface area contributed by atoms with Gasteiger partial charge in [-0.2, -0.15) is 0 Å². The number of hydrogen-bond acceptors (Lipinski definition) is 8. The van der Waals surface area contributed by atoms with Gasteiger partial charge in [-0.25, -0.2) is 4.98 Å². The van der Waals surface area contributed by atoms with Crippen LogP contribution < -0.4 is 9.64 Å². The van der Waals surface area contributed by atoms with Gasteiger partial charge in [0.15, 0.2) is 15.3 Å². The molecule has 1 aromatic heterocycles. The number of allylic oxidation sites excluding steroid dienone is 2. The number of alkyl halides is 3. The highest BCUT2D eigenvalue weighted by molar-refractivity contribution is 9.09. The number of oxazole rings is 1. The van der Waals surface area contributed by atoms with E-state index in [2.05, 4.69) is 20.9 Å². The number of methoxy groups -OCH3 is 1. The Bertz CT molecular complexity index is 2070. The number of amides is 4. The quantitative estimate of drug-likeness (QED) is 0.112. The molecule has 10 nitrogen and oxygen atoms in total. The zero-order valence-corrected chi connectivity index (χ0v) is 28.3. The second kappa shape index (κ2) is 10.9. The lowest BCUT2D eigenvalue weighted by atomic mass is 9.56. The van der Waals surface area contributed by atoms with Crippen molar-refractivity contribution in [2.75, 3.05) is 17.5 Å². The highest BCUT2D eigenvalue weighted by Crippen LogP contribution is 2.66. The average Bonchev–Trinajstić information content (AvgIpc) is 3.68. The Hall–Kier alpha value is -4.19. The number of hydrogen-bond donors (Lipinski definition) is 1. The lowest BCUT2D eigenvalue weighted by Crippen LogP contribution is -2.60. The molecule has 3 fully saturated rings. The van der Waals surface area contributed by atoms with E-state index in [1.54, 1.807) is 30.3 Å². The Balaban J connectivity index is 1.20. The van der Waals surface area contributed by atoms with Crippen molar-refractivity contribution < 1.29 is 33.4 Å². The van der Waals surface area contributed by atoms with Crippen LogP contribution in [-0.4, -0.2) is 60.9 Å². The predicted octanol–water partition coefficient (Wildman–Crippen LogP) is 6.12. The molecule has 2 saturated heterocycles. The van der Waals surface area contributed by atoms with E-state index in [4.69, 9.17) is 32.4 Å². The number of carbonyl (C=O) groups is 4. The molecule has 244 valence electrons. The Morgan fingerprint density at radius 2 is 1.75 bits per heavy atom. The van der Waals surface area contributed by atoms with Crippen molar-refractivity contribution in [2.45, 2.75) is 28.5 Å². The first-order chi connectivity index (χ1) is 23.0. The summed E-state index contributed by atoms with van der Waals surface area (Å²) in [6.45, 7) is 0. The van der Waals surface area contributed by atoms with Gasteiger partial charge in [0.25, 0.3) is 11.8 Å². The number of nitrogens with zero attached hydrogens (tertiary/aromatic N) is 3. The molecule has 0 bridgehead atoms. The van der Waals surface area contributed by atoms with Gasteiger partial charge >= 0.3 is 0 Å². The maximum Gasteiger partial charge on any atom is 0.254 e. The molecule has 6 unspecified atom stereocenters. The predicted molar refractivity (Wildman–Crippen MR) is 180 cm³/mol. The summed E-state index contributed by atoms with van der Waals surface area (Å²) >= 11 is 17.8. The molecule has 8 rings (SSSR count). The first-order valence-electron chi connectivity index (χ1n) is 15.2. The molecule has 2 aliphatic carbocycles. The fraction of sp³-hybridized carbons (Fsp3) is 0.286. The molecule has 6 atom stereocenters. The van der Waals surface area contributed by atoms with E-state index in [0.29, 0.717) is 39.4 Å². The van der Waals surface area contributed by atoms with E-state index >= 15 is 0 Å². The van der Waals surface area contributed by atoms with Gasteiger partial charge in [0.1, 0.15) is 17.0 Å². The standard InChI is InChI=1S/C35H26BrCl2N3O7/c1-47-26-14-19(42)10-11-21(26)28-20-12-13-22-27(23(20)15-34(37)32(45)40(16-36)33(46)35(28,34)38)31(44)41(30(22)43)18-8-6-17(7-9-18)29-39-24-4-2-3-5-25(24)48-29/h2-12,14,22-23,27-28,42H,13,15-16H2,1H3. The molecule has 4 aromatic rings. The van der Waals surface area contributed by atoms with Crippen molar-refractivity contribution in [3.05, 3.63) is 83.9 Å². The number of carbonyl (C=O) groups excluding carboxylic acids is 4. The van der Waals surface area contributed by atoms with E-state index in [0.717, 1.165) is 4.90 Å². The van der Waals surface area contributed by atoms with Crippen LogP contribution >= 0.6 is 39.1 Å². The topological polar surface area (TPSA) is 130 Å². The molecule has 3 aromatic carbocycles. The van der Waals surface area contributed by atoms with E-state index < -0.39 is 51.1 Å². The second-order valence-corrected chi connectivity index (χ2v) is 14.2. The van der Waals surface area contributed by atoms with Crippen LogP contribution in [0.5, 0.6) is 11.5 Å². The number of phenolic OH excluding ortho intramolecular Hbond substituents is 1. The molecule has 2 aliphatic heterocycles. The van der Waals surface area contributed by atoms with Crippen LogP contribution in [0, 0.1) is 17.8 Å². The fourth-order valence-corrected chi connectivity index (χ4v) is 9.46. The third-order valence-electron chi connectivity index (χ3n) is 10.2. The highest BCUT2D eigenvalue weighted by atomic mass is 79.9. The molecule has 4 aliphatic rings. The van der Waals surface area contributed by atoms with Crippen LogP contribution in [0.2, 0.25) is 0 Å². The molecule has 48 heavy (non-hydrogen) atoms. The molecular weight excluding hydrogens is 725 g/mol. The van der Waals surface area contributed by atoms with Crippen molar-refractivity contribution in [2.24, 2.45) is 17.8 Å². The zero-order chi connectivity index (χ0) is 33.7. The number of ether oxygens (including phenoxy) is 1. The van der Waals surface area contributed by atoms with Gasteiger partial charge in [0.05, 0.1) is 30.1 Å². The van der Waals surface area contributed by atoms with Gasteiger partial charge in [0, 0.05) is 23.1 Å². The number of benzene rings is 3. The molecule has 0 radical (unpaired) electrons. The third kappa shape index (κ3) is 4.07. The number of rotatable bonds is 5. The molecule has 13 heteroatoms. The monoisotopic (exact) mass is 749 g/mol. The summed E-state index contributed by atoms with van der Waals surface area (Å²) in [5, 5.41) is 10.2. The number of aromatic hydroxyl groups is 1. The maximum atomic E-state index is 14.4. The molecule has 0 spiro atoms. The van der Waals surface area contributed by atoms with Gasteiger partial charge in [-0.3, -0.25) is 29.0 Å². The van der Waals surface area contributed by atoms with Crippen LogP contribution in [0.25, 0.3) is 22.6 Å². The molecule has 1 N–H and O–H groups in total. The number of phenols is 1. The van der Waals surface area contributed by atoms with Crippen LogP contribution in [-0.2, 0) is 19.2 Å². The minimum absolute atomic E-state index is 0.0772. The summed E-state index contributed by atoms with van der Waals surface area (Å²) in [5.41, 5.74) is 3.33. The number of fused-ring (bicyclic) bond motifs is 5. The molecule has 1 saturated carbocycles. The molecule has 3 heterocycles. The third-order valence-corrected chi connectivity index (χ3v) is 12.1. The smallest absolute Gasteiger partial charge is 0.254 e. The van der Waals surface area contributed by atoms with Crippen molar-refractivity contribution in [1.82, 2.24) is 9.88 Å².